The lowest BCUT2D eigenvalue weighted by molar-refractivity contribution is -0.116. The lowest BCUT2D eigenvalue weighted by Gasteiger charge is -2.16. The molecule has 4 N–H and O–H groups in total. The molecule has 2 amide bonds. The highest BCUT2D eigenvalue weighted by Gasteiger charge is 2.19. The van der Waals surface area contributed by atoms with Gasteiger partial charge in [0.05, 0.1) is 17.8 Å². The summed E-state index contributed by atoms with van der Waals surface area (Å²) in [6, 6.07) is 16.9. The molecule has 2 heterocycles. The number of hydrogen-bond acceptors (Lipinski definition) is 8. The third-order valence-corrected chi connectivity index (χ3v) is 6.56. The molecule has 4 aromatic rings. The zero-order valence-corrected chi connectivity index (χ0v) is 22.5. The van der Waals surface area contributed by atoms with E-state index < -0.39 is 11.9 Å². The lowest BCUT2D eigenvalue weighted by atomic mass is 10.0. The Hall–Kier alpha value is -5.21. The molecule has 3 aromatic carbocycles. The third-order valence-electron chi connectivity index (χ3n) is 6.29. The SMILES string of the molecule is CNC(=O)Oc1cc(-c2ccc(C#N)cc2)cc(F)c1Nc1nc(Nc2ccc3c(c2)NC(=O)CCC3)ncc1Cl. The van der Waals surface area contributed by atoms with Crippen molar-refractivity contribution in [3.63, 3.8) is 0 Å². The number of amides is 2. The lowest BCUT2D eigenvalue weighted by Crippen LogP contribution is -2.22. The van der Waals surface area contributed by atoms with Crippen LogP contribution >= 0.6 is 11.6 Å². The number of rotatable bonds is 6. The van der Waals surface area contributed by atoms with Crippen LogP contribution in [-0.2, 0) is 11.2 Å². The van der Waals surface area contributed by atoms with Crippen LogP contribution in [0.5, 0.6) is 5.75 Å². The molecular weight excluding hydrogens is 549 g/mol. The minimum atomic E-state index is -0.809. The average Bonchev–Trinajstić information content (AvgIpc) is 3.16. The van der Waals surface area contributed by atoms with Crippen molar-refractivity contribution in [3.05, 3.63) is 82.8 Å². The Labute approximate surface area is 239 Å². The first kappa shape index (κ1) is 27.4. The quantitative estimate of drug-likeness (QED) is 0.212. The first-order valence-corrected chi connectivity index (χ1v) is 12.9. The van der Waals surface area contributed by atoms with E-state index >= 15 is 4.39 Å². The zero-order valence-electron chi connectivity index (χ0n) is 21.7. The molecule has 0 aliphatic carbocycles. The molecule has 0 unspecified atom stereocenters. The average molecular weight is 572 g/mol. The van der Waals surface area contributed by atoms with Crippen molar-refractivity contribution in [2.75, 3.05) is 23.0 Å². The molecule has 1 aromatic heterocycles. The van der Waals surface area contributed by atoms with Gasteiger partial charge in [0, 0.05) is 24.8 Å². The van der Waals surface area contributed by atoms with Gasteiger partial charge in [-0.05, 0) is 65.9 Å². The van der Waals surface area contributed by atoms with Crippen LogP contribution in [0.4, 0.5) is 38.0 Å². The highest BCUT2D eigenvalue weighted by atomic mass is 35.5. The first-order chi connectivity index (χ1) is 19.8. The van der Waals surface area contributed by atoms with E-state index in [9.17, 15) is 9.59 Å². The van der Waals surface area contributed by atoms with Crippen LogP contribution in [0.15, 0.2) is 60.8 Å². The molecule has 0 radical (unpaired) electrons. The standard InChI is InChI=1S/C29H23ClFN7O3/c1-33-29(40)41-24-12-19(17-7-5-16(14-32)6-8-17)11-22(31)26(24)37-27-21(30)15-34-28(38-27)35-20-10-9-18-3-2-4-25(39)36-23(18)13-20/h5-13,15H,2-4H2,1H3,(H,33,40)(H,36,39)(H2,34,35,37,38). The topological polar surface area (TPSA) is 141 Å². The van der Waals surface area contributed by atoms with Crippen molar-refractivity contribution >= 4 is 52.4 Å². The summed E-state index contributed by atoms with van der Waals surface area (Å²) in [5.41, 5.74) is 3.68. The molecular formula is C29H23ClFN7O3. The molecule has 0 fully saturated rings. The molecule has 0 saturated heterocycles. The van der Waals surface area contributed by atoms with Crippen LogP contribution in [-0.4, -0.2) is 29.0 Å². The number of carbonyl (C=O) groups excluding carboxylic acids is 2. The van der Waals surface area contributed by atoms with E-state index in [0.29, 0.717) is 34.5 Å². The molecule has 10 nitrogen and oxygen atoms in total. The second-order valence-corrected chi connectivity index (χ2v) is 9.48. The van der Waals surface area contributed by atoms with Crippen molar-refractivity contribution < 1.29 is 18.7 Å². The number of nitrogens with zero attached hydrogens (tertiary/aromatic N) is 3. The Balaban J connectivity index is 1.45. The zero-order chi connectivity index (χ0) is 28.9. The van der Waals surface area contributed by atoms with Gasteiger partial charge < -0.3 is 26.0 Å². The van der Waals surface area contributed by atoms with Gasteiger partial charge in [0.2, 0.25) is 11.9 Å². The van der Waals surface area contributed by atoms with Crippen LogP contribution in [0.2, 0.25) is 5.02 Å². The van der Waals surface area contributed by atoms with Crippen molar-refractivity contribution in [1.29, 1.82) is 5.26 Å². The van der Waals surface area contributed by atoms with Gasteiger partial charge in [0.25, 0.3) is 0 Å². The van der Waals surface area contributed by atoms with Crippen molar-refractivity contribution in [1.82, 2.24) is 15.3 Å². The Kier molecular flexibility index (Phi) is 7.94. The number of anilines is 5. The molecule has 1 aliphatic heterocycles. The second-order valence-electron chi connectivity index (χ2n) is 9.07. The number of nitriles is 1. The molecule has 0 spiro atoms. The minimum Gasteiger partial charge on any atom is -0.408 e. The summed E-state index contributed by atoms with van der Waals surface area (Å²) in [5, 5.41) is 20.3. The molecule has 5 rings (SSSR count). The highest BCUT2D eigenvalue weighted by Crippen LogP contribution is 2.37. The van der Waals surface area contributed by atoms with Gasteiger partial charge >= 0.3 is 6.09 Å². The predicted molar refractivity (Wildman–Crippen MR) is 153 cm³/mol. The van der Waals surface area contributed by atoms with Gasteiger partial charge in [0.1, 0.15) is 10.7 Å². The smallest absolute Gasteiger partial charge is 0.408 e. The summed E-state index contributed by atoms with van der Waals surface area (Å²) in [7, 11) is 1.38. The predicted octanol–water partition coefficient (Wildman–Crippen LogP) is 6.29. The van der Waals surface area contributed by atoms with E-state index in [1.54, 1.807) is 30.3 Å². The van der Waals surface area contributed by atoms with Crippen LogP contribution in [0, 0.1) is 17.1 Å². The molecule has 1 aliphatic rings. The van der Waals surface area contributed by atoms with E-state index in [2.05, 4.69) is 31.2 Å². The second kappa shape index (κ2) is 11.9. The van der Waals surface area contributed by atoms with E-state index in [-0.39, 0.29) is 34.1 Å². The number of benzene rings is 3. The van der Waals surface area contributed by atoms with Crippen LogP contribution in [0.25, 0.3) is 11.1 Å². The Bertz CT molecular complexity index is 1690. The van der Waals surface area contributed by atoms with Gasteiger partial charge in [-0.2, -0.15) is 10.2 Å². The van der Waals surface area contributed by atoms with Gasteiger partial charge in [-0.1, -0.05) is 29.8 Å². The number of halogens is 2. The Morgan fingerprint density at radius 3 is 2.66 bits per heavy atom. The maximum Gasteiger partial charge on any atom is 0.412 e. The van der Waals surface area contributed by atoms with Gasteiger partial charge in [-0.25, -0.2) is 14.2 Å². The fourth-order valence-corrected chi connectivity index (χ4v) is 4.38. The number of ether oxygens (including phenoxy) is 1. The minimum absolute atomic E-state index is 0.0443. The summed E-state index contributed by atoms with van der Waals surface area (Å²) in [5.74, 6) is -0.692. The van der Waals surface area contributed by atoms with Crippen LogP contribution < -0.4 is 26.0 Å². The van der Waals surface area contributed by atoms with E-state index in [4.69, 9.17) is 21.6 Å². The highest BCUT2D eigenvalue weighted by molar-refractivity contribution is 6.33. The number of fused-ring (bicyclic) bond motifs is 1. The number of aryl methyl sites for hydroxylation is 1. The number of carbonyl (C=O) groups is 2. The Morgan fingerprint density at radius 2 is 1.90 bits per heavy atom. The normalized spacial score (nSPS) is 12.3. The molecule has 12 heteroatoms. The number of aromatic nitrogens is 2. The van der Waals surface area contributed by atoms with Gasteiger partial charge in [-0.3, -0.25) is 4.79 Å². The maximum atomic E-state index is 15.5. The number of hydrogen-bond donors (Lipinski definition) is 4. The third kappa shape index (κ3) is 6.34. The van der Waals surface area contributed by atoms with Crippen molar-refractivity contribution in [2.24, 2.45) is 0 Å². The molecule has 0 saturated carbocycles. The largest absolute Gasteiger partial charge is 0.412 e. The summed E-state index contributed by atoms with van der Waals surface area (Å²) in [6.07, 6.45) is 2.56. The summed E-state index contributed by atoms with van der Waals surface area (Å²) >= 11 is 6.34. The number of nitrogens with one attached hydrogen (secondary N) is 4. The summed E-state index contributed by atoms with van der Waals surface area (Å²) < 4.78 is 20.9. The molecule has 41 heavy (non-hydrogen) atoms. The Morgan fingerprint density at radius 1 is 1.10 bits per heavy atom. The van der Waals surface area contributed by atoms with E-state index in [1.165, 1.54) is 25.4 Å². The van der Waals surface area contributed by atoms with Gasteiger partial charge in [-0.15, -0.1) is 0 Å². The molecule has 206 valence electrons. The summed E-state index contributed by atoms with van der Waals surface area (Å²) in [4.78, 5) is 32.7. The molecule has 0 bridgehead atoms. The van der Waals surface area contributed by atoms with Crippen LogP contribution in [0.3, 0.4) is 0 Å². The van der Waals surface area contributed by atoms with E-state index in [1.807, 2.05) is 18.2 Å². The fourth-order valence-electron chi connectivity index (χ4n) is 4.24. The van der Waals surface area contributed by atoms with Crippen molar-refractivity contribution in [2.45, 2.75) is 19.3 Å². The van der Waals surface area contributed by atoms with E-state index in [0.717, 1.165) is 18.4 Å². The fraction of sp³-hybridized carbons (Fsp3) is 0.138. The van der Waals surface area contributed by atoms with Crippen molar-refractivity contribution in [3.8, 4) is 22.9 Å². The first-order valence-electron chi connectivity index (χ1n) is 12.6. The monoisotopic (exact) mass is 571 g/mol. The molecule has 0 atom stereocenters. The maximum absolute atomic E-state index is 15.5. The van der Waals surface area contributed by atoms with Gasteiger partial charge in [0.15, 0.2) is 17.4 Å². The van der Waals surface area contributed by atoms with Crippen LogP contribution in [0.1, 0.15) is 24.0 Å². The summed E-state index contributed by atoms with van der Waals surface area (Å²) in [6.45, 7) is 0.